The number of nitrogens with one attached hydrogen (secondary N) is 1. The molecule has 1 aromatic heterocycles. The van der Waals surface area contributed by atoms with E-state index in [2.05, 4.69) is 10.4 Å². The Hall–Kier alpha value is -2.01. The van der Waals surface area contributed by atoms with Gasteiger partial charge in [0.05, 0.1) is 22.5 Å². The van der Waals surface area contributed by atoms with E-state index < -0.39 is 0 Å². The highest BCUT2D eigenvalue weighted by Gasteiger charge is 2.11. The van der Waals surface area contributed by atoms with Crippen molar-refractivity contribution in [2.24, 2.45) is 7.05 Å². The van der Waals surface area contributed by atoms with Crippen LogP contribution in [0.5, 0.6) is 0 Å². The van der Waals surface area contributed by atoms with E-state index in [9.17, 15) is 4.79 Å². The summed E-state index contributed by atoms with van der Waals surface area (Å²) >= 11 is 5.93. The van der Waals surface area contributed by atoms with Gasteiger partial charge in [-0.3, -0.25) is 9.48 Å². The van der Waals surface area contributed by atoms with E-state index in [0.29, 0.717) is 22.0 Å². The van der Waals surface area contributed by atoms with Gasteiger partial charge in [0.1, 0.15) is 0 Å². The van der Waals surface area contributed by atoms with Crippen molar-refractivity contribution in [3.8, 4) is 0 Å². The average Bonchev–Trinajstić information content (AvgIpc) is 2.73. The Morgan fingerprint density at radius 3 is 2.83 bits per heavy atom. The van der Waals surface area contributed by atoms with Crippen molar-refractivity contribution in [1.82, 2.24) is 9.78 Å². The first-order chi connectivity index (χ1) is 8.47. The quantitative estimate of drug-likeness (QED) is 0.817. The average molecular weight is 265 g/mol. The Morgan fingerprint density at radius 2 is 2.22 bits per heavy atom. The fraction of sp³-hybridized carbons (Fsp3) is 0.167. The Bertz CT molecular complexity index is 606. The number of nitrogens with zero attached hydrogens (tertiary/aromatic N) is 2. The zero-order chi connectivity index (χ0) is 13.3. The number of carbonyl (C=O) groups is 1. The third-order valence-electron chi connectivity index (χ3n) is 2.56. The first kappa shape index (κ1) is 12.4. The van der Waals surface area contributed by atoms with Crippen molar-refractivity contribution in [3.05, 3.63) is 40.7 Å². The number of aromatic nitrogens is 2. The molecule has 0 aliphatic carbocycles. The molecule has 2 aromatic rings. The van der Waals surface area contributed by atoms with Gasteiger partial charge in [0.15, 0.2) is 0 Å². The molecule has 1 aromatic carbocycles. The fourth-order valence-electron chi connectivity index (χ4n) is 1.57. The third-order valence-corrected chi connectivity index (χ3v) is 2.89. The second kappa shape index (κ2) is 4.70. The first-order valence-corrected chi connectivity index (χ1v) is 5.71. The predicted octanol–water partition coefficient (Wildman–Crippen LogP) is 2.22. The van der Waals surface area contributed by atoms with E-state index in [-0.39, 0.29) is 5.91 Å². The van der Waals surface area contributed by atoms with Crippen molar-refractivity contribution in [2.75, 3.05) is 11.1 Å². The van der Waals surface area contributed by atoms with E-state index in [1.165, 1.54) is 6.20 Å². The summed E-state index contributed by atoms with van der Waals surface area (Å²) < 4.78 is 1.57. The Morgan fingerprint density at radius 1 is 1.50 bits per heavy atom. The van der Waals surface area contributed by atoms with Crippen LogP contribution in [0.3, 0.4) is 0 Å². The SMILES string of the molecule is Cc1cc(N)c(Cl)cc1NC(=O)c1cnn(C)c1. The molecule has 0 radical (unpaired) electrons. The number of hydrogen-bond donors (Lipinski definition) is 2. The predicted molar refractivity (Wildman–Crippen MR) is 71.8 cm³/mol. The summed E-state index contributed by atoms with van der Waals surface area (Å²) in [6, 6.07) is 3.36. The molecule has 0 spiro atoms. The van der Waals surface area contributed by atoms with Crippen molar-refractivity contribution >= 4 is 28.9 Å². The van der Waals surface area contributed by atoms with Gasteiger partial charge in [-0.2, -0.15) is 5.10 Å². The molecule has 0 bridgehead atoms. The highest BCUT2D eigenvalue weighted by atomic mass is 35.5. The highest BCUT2D eigenvalue weighted by Crippen LogP contribution is 2.26. The lowest BCUT2D eigenvalue weighted by Gasteiger charge is -2.09. The van der Waals surface area contributed by atoms with Gasteiger partial charge in [-0.25, -0.2) is 0 Å². The molecule has 6 heteroatoms. The number of nitrogen functional groups attached to an aromatic ring is 1. The summed E-state index contributed by atoms with van der Waals surface area (Å²) in [6.45, 7) is 1.85. The molecule has 18 heavy (non-hydrogen) atoms. The molecule has 0 aliphatic rings. The summed E-state index contributed by atoms with van der Waals surface area (Å²) in [6.07, 6.45) is 3.15. The maximum absolute atomic E-state index is 11.9. The number of amides is 1. The molecule has 0 unspecified atom stereocenters. The molecule has 0 saturated carbocycles. The van der Waals surface area contributed by atoms with Crippen LogP contribution in [0.1, 0.15) is 15.9 Å². The second-order valence-corrected chi connectivity index (χ2v) is 4.45. The van der Waals surface area contributed by atoms with Crippen molar-refractivity contribution < 1.29 is 4.79 Å². The highest BCUT2D eigenvalue weighted by molar-refractivity contribution is 6.33. The van der Waals surface area contributed by atoms with E-state index in [1.54, 1.807) is 30.1 Å². The standard InChI is InChI=1S/C12H13ClN4O/c1-7-3-10(14)9(13)4-11(7)16-12(18)8-5-15-17(2)6-8/h3-6H,14H2,1-2H3,(H,16,18). The number of aryl methyl sites for hydroxylation is 2. The number of nitrogens with two attached hydrogens (primary N) is 1. The molecule has 94 valence electrons. The van der Waals surface area contributed by atoms with Crippen LogP contribution < -0.4 is 11.1 Å². The fourth-order valence-corrected chi connectivity index (χ4v) is 1.74. The van der Waals surface area contributed by atoms with Gasteiger partial charge in [0.25, 0.3) is 5.91 Å². The largest absolute Gasteiger partial charge is 0.398 e. The van der Waals surface area contributed by atoms with Gasteiger partial charge in [-0.1, -0.05) is 11.6 Å². The van der Waals surface area contributed by atoms with Crippen LogP contribution in [0.2, 0.25) is 5.02 Å². The molecule has 1 heterocycles. The molecule has 1 amide bonds. The molecule has 3 N–H and O–H groups in total. The third kappa shape index (κ3) is 2.46. The minimum absolute atomic E-state index is 0.230. The number of hydrogen-bond acceptors (Lipinski definition) is 3. The number of rotatable bonds is 2. The second-order valence-electron chi connectivity index (χ2n) is 4.05. The number of benzene rings is 1. The molecule has 0 saturated heterocycles. The summed E-state index contributed by atoms with van der Waals surface area (Å²) in [5.41, 5.74) is 8.16. The molecular formula is C12H13ClN4O. The molecule has 5 nitrogen and oxygen atoms in total. The van der Waals surface area contributed by atoms with Crippen LogP contribution >= 0.6 is 11.6 Å². The van der Waals surface area contributed by atoms with E-state index in [4.69, 9.17) is 17.3 Å². The number of anilines is 2. The van der Waals surface area contributed by atoms with Gasteiger partial charge >= 0.3 is 0 Å². The van der Waals surface area contributed by atoms with Crippen LogP contribution in [0.15, 0.2) is 24.5 Å². The summed E-state index contributed by atoms with van der Waals surface area (Å²) in [5.74, 6) is -0.230. The molecular weight excluding hydrogens is 252 g/mol. The van der Waals surface area contributed by atoms with Gasteiger partial charge in [0, 0.05) is 18.9 Å². The Kier molecular flexibility index (Phi) is 3.25. The zero-order valence-electron chi connectivity index (χ0n) is 10.1. The summed E-state index contributed by atoms with van der Waals surface area (Å²) in [7, 11) is 1.75. The topological polar surface area (TPSA) is 72.9 Å². The van der Waals surface area contributed by atoms with E-state index in [0.717, 1.165) is 5.56 Å². The maximum Gasteiger partial charge on any atom is 0.258 e. The molecule has 0 aliphatic heterocycles. The minimum atomic E-state index is -0.230. The number of carbonyl (C=O) groups excluding carboxylic acids is 1. The van der Waals surface area contributed by atoms with E-state index in [1.807, 2.05) is 6.92 Å². The molecule has 0 fully saturated rings. The van der Waals surface area contributed by atoms with Crippen LogP contribution in [0.4, 0.5) is 11.4 Å². The molecule has 2 rings (SSSR count). The summed E-state index contributed by atoms with van der Waals surface area (Å²) in [5, 5.41) is 7.14. The minimum Gasteiger partial charge on any atom is -0.398 e. The van der Waals surface area contributed by atoms with Crippen LogP contribution in [-0.2, 0) is 7.05 Å². The van der Waals surface area contributed by atoms with Crippen molar-refractivity contribution in [3.63, 3.8) is 0 Å². The van der Waals surface area contributed by atoms with Gasteiger partial charge in [-0.15, -0.1) is 0 Å². The normalized spacial score (nSPS) is 10.4. The lowest BCUT2D eigenvalue weighted by molar-refractivity contribution is 0.102. The monoisotopic (exact) mass is 264 g/mol. The van der Waals surface area contributed by atoms with Crippen molar-refractivity contribution in [2.45, 2.75) is 6.92 Å². The molecule has 0 atom stereocenters. The lowest BCUT2D eigenvalue weighted by Crippen LogP contribution is -2.12. The summed E-state index contributed by atoms with van der Waals surface area (Å²) in [4.78, 5) is 11.9. The smallest absolute Gasteiger partial charge is 0.258 e. The van der Waals surface area contributed by atoms with Crippen LogP contribution in [-0.4, -0.2) is 15.7 Å². The van der Waals surface area contributed by atoms with Gasteiger partial charge in [-0.05, 0) is 24.6 Å². The zero-order valence-corrected chi connectivity index (χ0v) is 10.8. The number of halogens is 1. The van der Waals surface area contributed by atoms with Crippen LogP contribution in [0, 0.1) is 6.92 Å². The Balaban J connectivity index is 2.24. The van der Waals surface area contributed by atoms with Crippen molar-refractivity contribution in [1.29, 1.82) is 0 Å². The maximum atomic E-state index is 11.9. The van der Waals surface area contributed by atoms with Crippen LogP contribution in [0.25, 0.3) is 0 Å². The van der Waals surface area contributed by atoms with Gasteiger partial charge < -0.3 is 11.1 Å². The van der Waals surface area contributed by atoms with E-state index >= 15 is 0 Å². The Labute approximate surface area is 110 Å². The lowest BCUT2D eigenvalue weighted by atomic mass is 10.1. The first-order valence-electron chi connectivity index (χ1n) is 5.33. The van der Waals surface area contributed by atoms with Gasteiger partial charge in [0.2, 0.25) is 0 Å².